The summed E-state index contributed by atoms with van der Waals surface area (Å²) >= 11 is 0. The molecule has 2 aromatic rings. The molecule has 29 heavy (non-hydrogen) atoms. The molecule has 2 aromatic carbocycles. The average molecular weight is 404 g/mol. The van der Waals surface area contributed by atoms with Gasteiger partial charge in [-0.2, -0.15) is 13.2 Å². The highest BCUT2D eigenvalue weighted by Gasteiger charge is 2.33. The second kappa shape index (κ2) is 8.68. The molecule has 1 aliphatic rings. The zero-order valence-electron chi connectivity index (χ0n) is 16.2. The normalized spacial score (nSPS) is 15.2. The molecular weight excluding hydrogens is 381 g/mol. The number of halogens is 3. The number of carbonyl (C=O) groups excluding carboxylic acids is 2. The maximum absolute atomic E-state index is 13.1. The van der Waals surface area contributed by atoms with Crippen LogP contribution >= 0.6 is 0 Å². The topological polar surface area (TPSA) is 40.6 Å². The molecule has 1 aliphatic heterocycles. The fourth-order valence-electron chi connectivity index (χ4n) is 3.78. The van der Waals surface area contributed by atoms with Gasteiger partial charge in [0.2, 0.25) is 5.91 Å². The van der Waals surface area contributed by atoms with E-state index in [1.165, 1.54) is 6.07 Å². The predicted molar refractivity (Wildman–Crippen MR) is 106 cm³/mol. The van der Waals surface area contributed by atoms with E-state index in [1.807, 2.05) is 37.3 Å². The number of para-hydroxylation sites is 1. The zero-order valence-corrected chi connectivity index (χ0v) is 16.2. The highest BCUT2D eigenvalue weighted by Crippen LogP contribution is 2.34. The summed E-state index contributed by atoms with van der Waals surface area (Å²) in [6, 6.07) is 12.6. The Bertz CT molecular complexity index is 860. The van der Waals surface area contributed by atoms with E-state index in [4.69, 9.17) is 0 Å². The van der Waals surface area contributed by atoms with Gasteiger partial charge in [0.1, 0.15) is 0 Å². The van der Waals surface area contributed by atoms with Gasteiger partial charge in [-0.3, -0.25) is 9.59 Å². The number of rotatable bonds is 5. The Hall–Kier alpha value is -2.83. The van der Waals surface area contributed by atoms with Crippen LogP contribution in [-0.2, 0) is 11.0 Å². The van der Waals surface area contributed by atoms with Crippen LogP contribution in [0.2, 0.25) is 0 Å². The van der Waals surface area contributed by atoms with Gasteiger partial charge in [0.05, 0.1) is 5.56 Å². The summed E-state index contributed by atoms with van der Waals surface area (Å²) in [5, 5.41) is 0. The lowest BCUT2D eigenvalue weighted by molar-refractivity contribution is -0.137. The molecule has 7 heteroatoms. The van der Waals surface area contributed by atoms with E-state index in [1.54, 1.807) is 9.80 Å². The van der Waals surface area contributed by atoms with Crippen molar-refractivity contribution in [3.05, 3.63) is 59.7 Å². The molecule has 154 valence electrons. The van der Waals surface area contributed by atoms with E-state index < -0.39 is 11.7 Å². The van der Waals surface area contributed by atoms with Crippen LogP contribution in [0.5, 0.6) is 0 Å². The van der Waals surface area contributed by atoms with Crippen LogP contribution in [0.3, 0.4) is 0 Å². The average Bonchev–Trinajstić information content (AvgIpc) is 2.74. The van der Waals surface area contributed by atoms with Gasteiger partial charge in [-0.05, 0) is 43.2 Å². The Morgan fingerprint density at radius 3 is 2.34 bits per heavy atom. The van der Waals surface area contributed by atoms with E-state index in [0.29, 0.717) is 44.3 Å². The molecule has 0 unspecified atom stereocenters. The SMILES string of the molecule is CCC(=O)N(c1ccccc1)C1CCN(c2cc(C(F)(F)F)ccc2C=O)CC1. The summed E-state index contributed by atoms with van der Waals surface area (Å²) < 4.78 is 39.3. The standard InChI is InChI=1S/C22H23F3N2O2/c1-2-21(29)27(18-6-4-3-5-7-18)19-10-12-26(13-11-19)20-14-17(22(23,24)25)9-8-16(20)15-28/h3-9,14-15,19H,2,10-13H2,1H3. The molecule has 1 fully saturated rings. The number of nitrogens with zero attached hydrogens (tertiary/aromatic N) is 2. The maximum atomic E-state index is 13.1. The summed E-state index contributed by atoms with van der Waals surface area (Å²) in [5.74, 6) is 0.0160. The zero-order chi connectivity index (χ0) is 21.0. The van der Waals surface area contributed by atoms with Crippen LogP contribution in [0.25, 0.3) is 0 Å². The molecule has 0 N–H and O–H groups in total. The molecular formula is C22H23F3N2O2. The lowest BCUT2D eigenvalue weighted by atomic mass is 9.99. The fourth-order valence-corrected chi connectivity index (χ4v) is 3.78. The first-order chi connectivity index (χ1) is 13.8. The van der Waals surface area contributed by atoms with Crippen LogP contribution in [-0.4, -0.2) is 31.3 Å². The number of anilines is 2. The molecule has 1 saturated heterocycles. The van der Waals surface area contributed by atoms with Crippen LogP contribution in [0.4, 0.5) is 24.5 Å². The number of hydrogen-bond donors (Lipinski definition) is 0. The largest absolute Gasteiger partial charge is 0.416 e. The Balaban J connectivity index is 1.81. The second-order valence-electron chi connectivity index (χ2n) is 7.06. The highest BCUT2D eigenvalue weighted by atomic mass is 19.4. The van der Waals surface area contributed by atoms with E-state index >= 15 is 0 Å². The highest BCUT2D eigenvalue weighted by molar-refractivity contribution is 5.93. The van der Waals surface area contributed by atoms with Crippen LogP contribution in [0.1, 0.15) is 42.1 Å². The van der Waals surface area contributed by atoms with Crippen molar-refractivity contribution in [2.45, 2.75) is 38.4 Å². The molecule has 0 spiro atoms. The van der Waals surface area contributed by atoms with Gasteiger partial charge < -0.3 is 9.80 Å². The van der Waals surface area contributed by atoms with Crippen LogP contribution in [0, 0.1) is 0 Å². The van der Waals surface area contributed by atoms with E-state index in [9.17, 15) is 22.8 Å². The Morgan fingerprint density at radius 2 is 1.79 bits per heavy atom. The van der Waals surface area contributed by atoms with Gasteiger partial charge in [0.25, 0.3) is 0 Å². The van der Waals surface area contributed by atoms with Gasteiger partial charge in [-0.25, -0.2) is 0 Å². The third-order valence-electron chi connectivity index (χ3n) is 5.26. The van der Waals surface area contributed by atoms with Crippen LogP contribution < -0.4 is 9.80 Å². The molecule has 0 radical (unpaired) electrons. The van der Waals surface area contributed by atoms with Crippen molar-refractivity contribution >= 4 is 23.6 Å². The minimum Gasteiger partial charge on any atom is -0.371 e. The van der Waals surface area contributed by atoms with Gasteiger partial charge in [0, 0.05) is 42.5 Å². The minimum atomic E-state index is -4.47. The number of piperidine rings is 1. The molecule has 0 aliphatic carbocycles. The summed E-state index contributed by atoms with van der Waals surface area (Å²) in [6.07, 6.45) is -2.30. The van der Waals surface area contributed by atoms with Crippen molar-refractivity contribution in [3.63, 3.8) is 0 Å². The van der Waals surface area contributed by atoms with Crippen molar-refractivity contribution in [3.8, 4) is 0 Å². The first-order valence-corrected chi connectivity index (χ1v) is 9.63. The second-order valence-corrected chi connectivity index (χ2v) is 7.06. The number of hydrogen-bond acceptors (Lipinski definition) is 3. The molecule has 1 amide bonds. The smallest absolute Gasteiger partial charge is 0.371 e. The van der Waals surface area contributed by atoms with Crippen molar-refractivity contribution in [2.75, 3.05) is 22.9 Å². The molecule has 0 saturated carbocycles. The predicted octanol–water partition coefficient (Wildman–Crippen LogP) is 4.93. The quantitative estimate of drug-likeness (QED) is 0.664. The third kappa shape index (κ3) is 4.60. The fraction of sp³-hybridized carbons (Fsp3) is 0.364. The van der Waals surface area contributed by atoms with E-state index in [-0.39, 0.29) is 17.5 Å². The van der Waals surface area contributed by atoms with Gasteiger partial charge in [-0.15, -0.1) is 0 Å². The number of alkyl halides is 3. The van der Waals surface area contributed by atoms with Crippen molar-refractivity contribution in [1.29, 1.82) is 0 Å². The summed E-state index contributed by atoms with van der Waals surface area (Å²) in [6.45, 7) is 2.74. The Labute approximate surface area is 167 Å². The van der Waals surface area contributed by atoms with Crippen LogP contribution in [0.15, 0.2) is 48.5 Å². The molecule has 0 bridgehead atoms. The lowest BCUT2D eigenvalue weighted by Crippen LogP contribution is -2.47. The van der Waals surface area contributed by atoms with Gasteiger partial charge in [-0.1, -0.05) is 25.1 Å². The summed E-state index contributed by atoms with van der Waals surface area (Å²) in [4.78, 5) is 27.5. The van der Waals surface area contributed by atoms with Gasteiger partial charge >= 0.3 is 6.18 Å². The molecule has 1 heterocycles. The van der Waals surface area contributed by atoms with Crippen molar-refractivity contribution in [2.24, 2.45) is 0 Å². The van der Waals surface area contributed by atoms with Crippen molar-refractivity contribution in [1.82, 2.24) is 0 Å². The molecule has 0 aromatic heterocycles. The number of carbonyl (C=O) groups is 2. The first-order valence-electron chi connectivity index (χ1n) is 9.63. The third-order valence-corrected chi connectivity index (χ3v) is 5.26. The first kappa shape index (κ1) is 20.9. The number of benzene rings is 2. The molecule has 0 atom stereocenters. The molecule has 3 rings (SSSR count). The number of amides is 1. The Kier molecular flexibility index (Phi) is 6.25. The summed E-state index contributed by atoms with van der Waals surface area (Å²) in [7, 11) is 0. The van der Waals surface area contributed by atoms with E-state index in [2.05, 4.69) is 0 Å². The van der Waals surface area contributed by atoms with E-state index in [0.717, 1.165) is 17.8 Å². The minimum absolute atomic E-state index is 0.0160. The Morgan fingerprint density at radius 1 is 1.14 bits per heavy atom. The molecule has 4 nitrogen and oxygen atoms in total. The maximum Gasteiger partial charge on any atom is 0.416 e. The summed E-state index contributed by atoms with van der Waals surface area (Å²) in [5.41, 5.74) is 0.583. The monoisotopic (exact) mass is 404 g/mol. The van der Waals surface area contributed by atoms with Gasteiger partial charge in [0.15, 0.2) is 6.29 Å². The van der Waals surface area contributed by atoms with Crippen molar-refractivity contribution < 1.29 is 22.8 Å². The number of aldehydes is 1. The lowest BCUT2D eigenvalue weighted by Gasteiger charge is -2.40.